The topological polar surface area (TPSA) is 73.5 Å². The molecule has 0 heterocycles. The van der Waals surface area contributed by atoms with Gasteiger partial charge in [0.15, 0.2) is 0 Å². The quantitative estimate of drug-likeness (QED) is 0.523. The second-order valence-corrected chi connectivity index (χ2v) is 5.30. The van der Waals surface area contributed by atoms with Crippen LogP contribution in [0.25, 0.3) is 0 Å². The van der Waals surface area contributed by atoms with Crippen molar-refractivity contribution in [1.29, 1.82) is 0 Å². The molecule has 0 aromatic carbocycles. The van der Waals surface area contributed by atoms with Gasteiger partial charge in [-0.25, -0.2) is 4.79 Å². The van der Waals surface area contributed by atoms with Crippen LogP contribution in [0.5, 0.6) is 0 Å². The number of hydrogen-bond donors (Lipinski definition) is 3. The molecule has 0 unspecified atom stereocenters. The molecular formula is C14H30N4O2. The Bertz CT molecular complexity index is 282. The molecule has 20 heavy (non-hydrogen) atoms. The Balaban J connectivity index is 3.35. The van der Waals surface area contributed by atoms with Gasteiger partial charge in [-0.15, -0.1) is 0 Å². The Morgan fingerprint density at radius 1 is 0.950 bits per heavy atom. The minimum Gasteiger partial charge on any atom is -0.356 e. The number of rotatable bonds is 10. The van der Waals surface area contributed by atoms with Crippen molar-refractivity contribution < 1.29 is 9.59 Å². The van der Waals surface area contributed by atoms with Crippen LogP contribution in [0, 0.1) is 0 Å². The molecule has 0 aromatic rings. The second-order valence-electron chi connectivity index (χ2n) is 5.30. The molecule has 6 nitrogen and oxygen atoms in total. The summed E-state index contributed by atoms with van der Waals surface area (Å²) < 4.78 is 0. The van der Waals surface area contributed by atoms with E-state index in [1.54, 1.807) is 0 Å². The van der Waals surface area contributed by atoms with E-state index in [2.05, 4.69) is 41.7 Å². The van der Waals surface area contributed by atoms with E-state index in [9.17, 15) is 9.59 Å². The van der Waals surface area contributed by atoms with Crippen LogP contribution in [0.3, 0.4) is 0 Å². The minimum atomic E-state index is -0.134. The fourth-order valence-electron chi connectivity index (χ4n) is 1.56. The van der Waals surface area contributed by atoms with Gasteiger partial charge in [-0.3, -0.25) is 4.79 Å². The Hall–Kier alpha value is -1.30. The first kappa shape index (κ1) is 18.7. The van der Waals surface area contributed by atoms with Gasteiger partial charge in [-0.05, 0) is 46.7 Å². The van der Waals surface area contributed by atoms with Crippen molar-refractivity contribution in [2.24, 2.45) is 0 Å². The van der Waals surface area contributed by atoms with Crippen molar-refractivity contribution in [3.05, 3.63) is 0 Å². The number of nitrogens with zero attached hydrogens (tertiary/aromatic N) is 1. The molecule has 0 spiro atoms. The number of carbonyl (C=O) groups excluding carboxylic acids is 2. The predicted molar refractivity (Wildman–Crippen MR) is 81.7 cm³/mol. The molecule has 0 atom stereocenters. The zero-order chi connectivity index (χ0) is 15.4. The first-order valence-electron chi connectivity index (χ1n) is 7.40. The van der Waals surface area contributed by atoms with Gasteiger partial charge >= 0.3 is 6.03 Å². The zero-order valence-electron chi connectivity index (χ0n) is 13.3. The molecule has 0 saturated carbocycles. The molecular weight excluding hydrogens is 256 g/mol. The average Bonchev–Trinajstić information content (AvgIpc) is 2.37. The van der Waals surface area contributed by atoms with E-state index in [1.807, 2.05) is 0 Å². The van der Waals surface area contributed by atoms with Gasteiger partial charge in [0, 0.05) is 32.6 Å². The Labute approximate surface area is 122 Å². The smallest absolute Gasteiger partial charge is 0.314 e. The number of amides is 3. The molecule has 3 N–H and O–H groups in total. The maximum absolute atomic E-state index is 11.4. The van der Waals surface area contributed by atoms with Crippen molar-refractivity contribution in [3.8, 4) is 0 Å². The lowest BCUT2D eigenvalue weighted by Gasteiger charge is -2.20. The standard InChI is InChI=1S/C14H30N4O2/c1-12(2)18(4)11-6-5-8-16-14(20)17-10-7-9-15-13(3)19/h12H,5-11H2,1-4H3,(H,15,19)(H2,16,17,20). The van der Waals surface area contributed by atoms with E-state index < -0.39 is 0 Å². The highest BCUT2D eigenvalue weighted by Gasteiger charge is 2.02. The third-order valence-electron chi connectivity index (χ3n) is 3.12. The lowest BCUT2D eigenvalue weighted by Crippen LogP contribution is -2.37. The number of urea groups is 1. The van der Waals surface area contributed by atoms with Gasteiger partial charge in [0.1, 0.15) is 0 Å². The maximum atomic E-state index is 11.4. The molecule has 0 radical (unpaired) electrons. The van der Waals surface area contributed by atoms with Gasteiger partial charge < -0.3 is 20.9 Å². The highest BCUT2D eigenvalue weighted by Crippen LogP contribution is 1.97. The summed E-state index contributed by atoms with van der Waals surface area (Å²) in [5.41, 5.74) is 0. The van der Waals surface area contributed by atoms with E-state index >= 15 is 0 Å². The number of carbonyl (C=O) groups is 2. The van der Waals surface area contributed by atoms with Crippen molar-refractivity contribution in [3.63, 3.8) is 0 Å². The number of unbranched alkanes of at least 4 members (excludes halogenated alkanes) is 1. The third-order valence-corrected chi connectivity index (χ3v) is 3.12. The fraction of sp³-hybridized carbons (Fsp3) is 0.857. The normalized spacial score (nSPS) is 10.7. The lowest BCUT2D eigenvalue weighted by molar-refractivity contribution is -0.118. The fourth-order valence-corrected chi connectivity index (χ4v) is 1.56. The van der Waals surface area contributed by atoms with E-state index in [1.165, 1.54) is 6.92 Å². The Kier molecular flexibility index (Phi) is 10.8. The summed E-state index contributed by atoms with van der Waals surface area (Å²) in [6.45, 7) is 8.75. The van der Waals surface area contributed by atoms with Gasteiger partial charge in [-0.2, -0.15) is 0 Å². The minimum absolute atomic E-state index is 0.0409. The van der Waals surface area contributed by atoms with Crippen molar-refractivity contribution >= 4 is 11.9 Å². The molecule has 0 bridgehead atoms. The molecule has 0 saturated heterocycles. The summed E-state index contributed by atoms with van der Waals surface area (Å²) in [5, 5.41) is 8.28. The van der Waals surface area contributed by atoms with E-state index in [0.29, 0.717) is 25.7 Å². The van der Waals surface area contributed by atoms with Gasteiger partial charge in [0.2, 0.25) is 5.91 Å². The van der Waals surface area contributed by atoms with Crippen molar-refractivity contribution in [2.75, 3.05) is 33.2 Å². The molecule has 0 aliphatic heterocycles. The van der Waals surface area contributed by atoms with Crippen molar-refractivity contribution in [1.82, 2.24) is 20.9 Å². The first-order valence-corrected chi connectivity index (χ1v) is 7.40. The largest absolute Gasteiger partial charge is 0.356 e. The van der Waals surface area contributed by atoms with Crippen molar-refractivity contribution in [2.45, 2.75) is 46.1 Å². The van der Waals surface area contributed by atoms with Crippen LogP contribution in [0.2, 0.25) is 0 Å². The summed E-state index contributed by atoms with van der Waals surface area (Å²) in [7, 11) is 2.11. The van der Waals surface area contributed by atoms with Crippen LogP contribution in [-0.4, -0.2) is 56.1 Å². The average molecular weight is 286 g/mol. The van der Waals surface area contributed by atoms with Crippen LogP contribution < -0.4 is 16.0 Å². The Morgan fingerprint density at radius 3 is 2.05 bits per heavy atom. The second kappa shape index (κ2) is 11.5. The maximum Gasteiger partial charge on any atom is 0.314 e. The zero-order valence-corrected chi connectivity index (χ0v) is 13.3. The molecule has 0 aliphatic rings. The summed E-state index contributed by atoms with van der Waals surface area (Å²) in [5.74, 6) is -0.0409. The highest BCUT2D eigenvalue weighted by atomic mass is 16.2. The third kappa shape index (κ3) is 11.8. The van der Waals surface area contributed by atoms with Crippen LogP contribution in [0.1, 0.15) is 40.0 Å². The number of nitrogens with one attached hydrogen (secondary N) is 3. The molecule has 3 amide bonds. The summed E-state index contributed by atoms with van der Waals surface area (Å²) >= 11 is 0. The predicted octanol–water partition coefficient (Wildman–Crippen LogP) is 0.932. The van der Waals surface area contributed by atoms with E-state index in [4.69, 9.17) is 0 Å². The molecule has 118 valence electrons. The lowest BCUT2D eigenvalue weighted by atomic mass is 10.2. The summed E-state index contributed by atoms with van der Waals surface area (Å²) in [6.07, 6.45) is 2.81. The highest BCUT2D eigenvalue weighted by molar-refractivity contribution is 5.74. The Morgan fingerprint density at radius 2 is 1.50 bits per heavy atom. The molecule has 0 rings (SSSR count). The SMILES string of the molecule is CC(=O)NCCCNC(=O)NCCCCN(C)C(C)C. The van der Waals surface area contributed by atoms with Crippen LogP contribution in [0.15, 0.2) is 0 Å². The van der Waals surface area contributed by atoms with Crippen LogP contribution in [-0.2, 0) is 4.79 Å². The molecule has 6 heteroatoms. The van der Waals surface area contributed by atoms with Gasteiger partial charge in [-0.1, -0.05) is 0 Å². The van der Waals surface area contributed by atoms with Gasteiger partial charge in [0.25, 0.3) is 0 Å². The van der Waals surface area contributed by atoms with E-state index in [-0.39, 0.29) is 11.9 Å². The monoisotopic (exact) mass is 286 g/mol. The van der Waals surface area contributed by atoms with Crippen LogP contribution in [0.4, 0.5) is 4.79 Å². The van der Waals surface area contributed by atoms with Gasteiger partial charge in [0.05, 0.1) is 0 Å². The first-order chi connectivity index (χ1) is 9.43. The van der Waals surface area contributed by atoms with E-state index in [0.717, 1.165) is 25.8 Å². The molecule has 0 aromatic heterocycles. The molecule has 0 fully saturated rings. The number of hydrogen-bond acceptors (Lipinski definition) is 3. The summed E-state index contributed by atoms with van der Waals surface area (Å²) in [6, 6.07) is 0.430. The summed E-state index contributed by atoms with van der Waals surface area (Å²) in [4.78, 5) is 24.3. The van der Waals surface area contributed by atoms with Crippen LogP contribution >= 0.6 is 0 Å². The molecule has 0 aliphatic carbocycles.